The van der Waals surface area contributed by atoms with Crippen LogP contribution in [0, 0.1) is 5.92 Å². The van der Waals surface area contributed by atoms with Gasteiger partial charge in [-0.1, -0.05) is 29.8 Å². The Hall–Kier alpha value is -1.35. The van der Waals surface area contributed by atoms with Crippen molar-refractivity contribution in [2.24, 2.45) is 11.0 Å². The number of hydrazone groups is 1. The van der Waals surface area contributed by atoms with Gasteiger partial charge < -0.3 is 0 Å². The second kappa shape index (κ2) is 4.03. The van der Waals surface area contributed by atoms with E-state index in [2.05, 4.69) is 10.5 Å². The Morgan fingerprint density at radius 1 is 1.47 bits per heavy atom. The predicted molar refractivity (Wildman–Crippen MR) is 59.9 cm³/mol. The van der Waals surface area contributed by atoms with Gasteiger partial charge in [0.15, 0.2) is 0 Å². The normalized spacial score (nSPS) is 20.0. The second-order valence-electron chi connectivity index (χ2n) is 3.58. The summed E-state index contributed by atoms with van der Waals surface area (Å²) in [6.45, 7) is 1.85. The smallest absolute Gasteiger partial charge is 0.249 e. The lowest BCUT2D eigenvalue weighted by Gasteiger charge is -2.08. The molecule has 1 N–H and O–H groups in total. The van der Waals surface area contributed by atoms with Crippen molar-refractivity contribution in [3.8, 4) is 0 Å². The van der Waals surface area contributed by atoms with Gasteiger partial charge in [0.25, 0.3) is 0 Å². The molecule has 15 heavy (non-hydrogen) atoms. The molecule has 1 amide bonds. The maximum absolute atomic E-state index is 11.4. The molecule has 3 nitrogen and oxygen atoms in total. The quantitative estimate of drug-likeness (QED) is 0.817. The summed E-state index contributed by atoms with van der Waals surface area (Å²) < 4.78 is 0. The van der Waals surface area contributed by atoms with Gasteiger partial charge in [-0.15, -0.1) is 0 Å². The van der Waals surface area contributed by atoms with E-state index < -0.39 is 0 Å². The summed E-state index contributed by atoms with van der Waals surface area (Å²) in [6, 6.07) is 7.56. The average molecular weight is 223 g/mol. The molecule has 1 atom stereocenters. The summed E-state index contributed by atoms with van der Waals surface area (Å²) in [6.07, 6.45) is 0.612. The highest BCUT2D eigenvalue weighted by Crippen LogP contribution is 2.21. The lowest BCUT2D eigenvalue weighted by molar-refractivity contribution is -0.122. The van der Waals surface area contributed by atoms with Crippen molar-refractivity contribution in [1.29, 1.82) is 0 Å². The molecule has 0 radical (unpaired) electrons. The van der Waals surface area contributed by atoms with Crippen LogP contribution in [0.5, 0.6) is 0 Å². The molecule has 0 unspecified atom stereocenters. The molecule has 0 aromatic heterocycles. The number of halogens is 1. The zero-order valence-electron chi connectivity index (χ0n) is 8.33. The first-order valence-electron chi connectivity index (χ1n) is 4.76. The van der Waals surface area contributed by atoms with Crippen LogP contribution in [0.2, 0.25) is 5.02 Å². The van der Waals surface area contributed by atoms with Crippen molar-refractivity contribution in [1.82, 2.24) is 5.43 Å². The van der Waals surface area contributed by atoms with Crippen molar-refractivity contribution < 1.29 is 4.79 Å². The van der Waals surface area contributed by atoms with Crippen LogP contribution >= 0.6 is 11.6 Å². The SMILES string of the molecule is CC1=NNC(=O)[C@@H]1Cc1ccccc1Cl. The van der Waals surface area contributed by atoms with Crippen LogP contribution in [-0.2, 0) is 11.2 Å². The van der Waals surface area contributed by atoms with Crippen molar-refractivity contribution >= 4 is 23.2 Å². The van der Waals surface area contributed by atoms with Gasteiger partial charge in [-0.05, 0) is 25.0 Å². The summed E-state index contributed by atoms with van der Waals surface area (Å²) in [5, 5.41) is 4.60. The van der Waals surface area contributed by atoms with Crippen LogP contribution in [-0.4, -0.2) is 11.6 Å². The number of nitrogens with one attached hydrogen (secondary N) is 1. The fourth-order valence-electron chi connectivity index (χ4n) is 1.61. The molecule has 0 saturated heterocycles. The third-order valence-electron chi connectivity index (χ3n) is 2.55. The Labute approximate surface area is 93.1 Å². The highest BCUT2D eigenvalue weighted by atomic mass is 35.5. The summed E-state index contributed by atoms with van der Waals surface area (Å²) in [7, 11) is 0. The van der Waals surface area contributed by atoms with Gasteiger partial charge in [-0.2, -0.15) is 5.10 Å². The van der Waals surface area contributed by atoms with E-state index in [1.54, 1.807) is 0 Å². The topological polar surface area (TPSA) is 41.5 Å². The maximum Gasteiger partial charge on any atom is 0.249 e. The summed E-state index contributed by atoms with van der Waals surface area (Å²) >= 11 is 6.03. The first-order chi connectivity index (χ1) is 7.18. The first-order valence-corrected chi connectivity index (χ1v) is 5.13. The van der Waals surface area contributed by atoms with Crippen LogP contribution in [0.25, 0.3) is 0 Å². The number of carbonyl (C=O) groups excluding carboxylic acids is 1. The highest BCUT2D eigenvalue weighted by molar-refractivity contribution is 6.31. The number of hydrogen-bond acceptors (Lipinski definition) is 2. The number of rotatable bonds is 2. The molecule has 1 aromatic rings. The molecule has 0 bridgehead atoms. The molecule has 1 heterocycles. The van der Waals surface area contributed by atoms with Gasteiger partial charge in [0.1, 0.15) is 0 Å². The molecular formula is C11H11ClN2O. The van der Waals surface area contributed by atoms with Crippen molar-refractivity contribution in [2.75, 3.05) is 0 Å². The van der Waals surface area contributed by atoms with E-state index in [9.17, 15) is 4.79 Å². The van der Waals surface area contributed by atoms with Crippen LogP contribution < -0.4 is 5.43 Å². The van der Waals surface area contributed by atoms with Crippen molar-refractivity contribution in [3.05, 3.63) is 34.9 Å². The Morgan fingerprint density at radius 3 is 2.80 bits per heavy atom. The molecule has 4 heteroatoms. The molecule has 0 saturated carbocycles. The first kappa shape index (κ1) is 10.2. The predicted octanol–water partition coefficient (Wildman–Crippen LogP) is 2.00. The molecular weight excluding hydrogens is 212 g/mol. The minimum absolute atomic E-state index is 0.0487. The minimum Gasteiger partial charge on any atom is -0.272 e. The monoisotopic (exact) mass is 222 g/mol. The number of amides is 1. The Kier molecular flexibility index (Phi) is 2.73. The van der Waals surface area contributed by atoms with Gasteiger partial charge in [-0.3, -0.25) is 4.79 Å². The van der Waals surface area contributed by atoms with Gasteiger partial charge in [0.05, 0.1) is 5.92 Å². The van der Waals surface area contributed by atoms with E-state index in [4.69, 9.17) is 11.6 Å². The molecule has 1 aliphatic heterocycles. The third-order valence-corrected chi connectivity index (χ3v) is 2.91. The van der Waals surface area contributed by atoms with Crippen molar-refractivity contribution in [3.63, 3.8) is 0 Å². The van der Waals surface area contributed by atoms with Crippen LogP contribution in [0.4, 0.5) is 0 Å². The molecule has 1 aliphatic rings. The zero-order chi connectivity index (χ0) is 10.8. The number of nitrogens with zero attached hydrogens (tertiary/aromatic N) is 1. The highest BCUT2D eigenvalue weighted by Gasteiger charge is 2.27. The van der Waals surface area contributed by atoms with E-state index >= 15 is 0 Å². The van der Waals surface area contributed by atoms with E-state index in [-0.39, 0.29) is 11.8 Å². The summed E-state index contributed by atoms with van der Waals surface area (Å²) in [5.41, 5.74) is 4.27. The average Bonchev–Trinajstić information content (AvgIpc) is 2.53. The maximum atomic E-state index is 11.4. The van der Waals surface area contributed by atoms with Crippen LogP contribution in [0.1, 0.15) is 12.5 Å². The third kappa shape index (κ3) is 2.02. The molecule has 0 spiro atoms. The van der Waals surface area contributed by atoms with Gasteiger partial charge in [-0.25, -0.2) is 5.43 Å². The van der Waals surface area contributed by atoms with E-state index in [1.807, 2.05) is 31.2 Å². The molecule has 0 aliphatic carbocycles. The number of benzene rings is 1. The fraction of sp³-hybridized carbons (Fsp3) is 0.273. The summed E-state index contributed by atoms with van der Waals surface area (Å²) in [5.74, 6) is -0.225. The fourth-order valence-corrected chi connectivity index (χ4v) is 1.83. The van der Waals surface area contributed by atoms with Crippen LogP contribution in [0.15, 0.2) is 29.4 Å². The Morgan fingerprint density at radius 2 is 2.20 bits per heavy atom. The van der Waals surface area contributed by atoms with E-state index in [0.717, 1.165) is 11.3 Å². The summed E-state index contributed by atoms with van der Waals surface area (Å²) in [4.78, 5) is 11.4. The van der Waals surface area contributed by atoms with Gasteiger partial charge >= 0.3 is 0 Å². The number of carbonyl (C=O) groups is 1. The molecule has 78 valence electrons. The standard InChI is InChI=1S/C11H11ClN2O/c1-7-9(11(15)14-13-7)6-8-4-2-3-5-10(8)12/h2-5,9H,6H2,1H3,(H,14,15)/t9-/m1/s1. The zero-order valence-corrected chi connectivity index (χ0v) is 9.08. The van der Waals surface area contributed by atoms with Gasteiger partial charge in [0.2, 0.25) is 5.91 Å². The van der Waals surface area contributed by atoms with E-state index in [0.29, 0.717) is 11.4 Å². The van der Waals surface area contributed by atoms with Crippen LogP contribution in [0.3, 0.4) is 0 Å². The largest absolute Gasteiger partial charge is 0.272 e. The van der Waals surface area contributed by atoms with Crippen molar-refractivity contribution in [2.45, 2.75) is 13.3 Å². The lowest BCUT2D eigenvalue weighted by atomic mass is 9.95. The lowest BCUT2D eigenvalue weighted by Crippen LogP contribution is -2.24. The molecule has 1 aromatic carbocycles. The van der Waals surface area contributed by atoms with Gasteiger partial charge in [0, 0.05) is 10.7 Å². The second-order valence-corrected chi connectivity index (χ2v) is 3.98. The molecule has 0 fully saturated rings. The molecule has 2 rings (SSSR count). The number of hydrogen-bond donors (Lipinski definition) is 1. The Balaban J connectivity index is 2.19. The minimum atomic E-state index is -0.176. The van der Waals surface area contributed by atoms with E-state index in [1.165, 1.54) is 0 Å². The Bertz CT molecular complexity index is 428.